The number of nitrogens with zero attached hydrogens (tertiary/aromatic N) is 2. The topological polar surface area (TPSA) is 86.8 Å². The van der Waals surface area contributed by atoms with Gasteiger partial charge < -0.3 is 10.2 Å². The molecule has 0 aliphatic heterocycles. The normalized spacial score (nSPS) is 13.3. The highest BCUT2D eigenvalue weighted by molar-refractivity contribution is 9.10. The molecule has 2 aromatic rings. The predicted octanol–water partition coefficient (Wildman–Crippen LogP) is 4.67. The number of para-hydroxylation sites is 1. The highest BCUT2D eigenvalue weighted by Crippen LogP contribution is 2.29. The molecule has 0 fully saturated rings. The van der Waals surface area contributed by atoms with Gasteiger partial charge in [-0.3, -0.25) is 13.9 Å². The molecule has 0 spiro atoms. The van der Waals surface area contributed by atoms with Gasteiger partial charge in [-0.25, -0.2) is 8.42 Å². The SMILES string of the molecule is CC[C@H](C)NC(=O)[C@H](C)N(Cc1cccc(Br)c1)C(=O)CN(c1ccccc1C(C)C)S(C)(=O)=O. The second kappa shape index (κ2) is 12.5. The Labute approximate surface area is 218 Å². The van der Waals surface area contributed by atoms with E-state index in [-0.39, 0.29) is 24.4 Å². The quantitative estimate of drug-likeness (QED) is 0.429. The molecular formula is C26H36BrN3O4S. The van der Waals surface area contributed by atoms with Gasteiger partial charge in [-0.2, -0.15) is 0 Å². The van der Waals surface area contributed by atoms with Crippen molar-refractivity contribution in [2.24, 2.45) is 0 Å². The number of halogens is 1. The number of nitrogens with one attached hydrogen (secondary N) is 1. The highest BCUT2D eigenvalue weighted by atomic mass is 79.9. The van der Waals surface area contributed by atoms with E-state index in [9.17, 15) is 18.0 Å². The molecule has 0 aliphatic rings. The van der Waals surface area contributed by atoms with E-state index >= 15 is 0 Å². The number of anilines is 1. The van der Waals surface area contributed by atoms with Crippen LogP contribution in [0.1, 0.15) is 58.1 Å². The standard InChI is InChI=1S/C26H36BrN3O4S/c1-7-19(4)28-26(32)20(5)29(16-21-11-10-12-22(27)15-21)25(31)17-30(35(6,33)34)24-14-9-8-13-23(24)18(2)3/h8-15,18-20H,7,16-17H2,1-6H3,(H,28,32)/t19-,20-/m0/s1. The smallest absolute Gasteiger partial charge is 0.244 e. The van der Waals surface area contributed by atoms with Gasteiger partial charge in [-0.05, 0) is 55.5 Å². The molecule has 35 heavy (non-hydrogen) atoms. The van der Waals surface area contributed by atoms with Crippen molar-refractivity contribution in [2.75, 3.05) is 17.1 Å². The average Bonchev–Trinajstić information content (AvgIpc) is 2.79. The first-order chi connectivity index (χ1) is 16.3. The summed E-state index contributed by atoms with van der Waals surface area (Å²) >= 11 is 3.45. The lowest BCUT2D eigenvalue weighted by Crippen LogP contribution is -2.52. The monoisotopic (exact) mass is 565 g/mol. The van der Waals surface area contributed by atoms with Crippen molar-refractivity contribution >= 4 is 43.5 Å². The van der Waals surface area contributed by atoms with E-state index in [0.29, 0.717) is 5.69 Å². The number of amides is 2. The summed E-state index contributed by atoms with van der Waals surface area (Å²) < 4.78 is 27.6. The Hall–Kier alpha value is -2.39. The predicted molar refractivity (Wildman–Crippen MR) is 145 cm³/mol. The number of carbonyl (C=O) groups excluding carboxylic acids is 2. The van der Waals surface area contributed by atoms with Crippen molar-refractivity contribution in [3.63, 3.8) is 0 Å². The van der Waals surface area contributed by atoms with Gasteiger partial charge >= 0.3 is 0 Å². The van der Waals surface area contributed by atoms with Gasteiger partial charge in [-0.1, -0.05) is 67.0 Å². The van der Waals surface area contributed by atoms with E-state index < -0.39 is 28.5 Å². The van der Waals surface area contributed by atoms with Crippen LogP contribution in [-0.2, 0) is 26.2 Å². The Morgan fingerprint density at radius 1 is 1.03 bits per heavy atom. The molecule has 2 aromatic carbocycles. The summed E-state index contributed by atoms with van der Waals surface area (Å²) in [7, 11) is -3.77. The van der Waals surface area contributed by atoms with Gasteiger partial charge in [0.25, 0.3) is 0 Å². The second-order valence-electron chi connectivity index (χ2n) is 9.13. The van der Waals surface area contributed by atoms with Crippen molar-refractivity contribution in [1.82, 2.24) is 10.2 Å². The fraction of sp³-hybridized carbons (Fsp3) is 0.462. The molecule has 0 aliphatic carbocycles. The molecule has 0 radical (unpaired) electrons. The van der Waals surface area contributed by atoms with Crippen LogP contribution in [0.5, 0.6) is 0 Å². The third-order valence-electron chi connectivity index (χ3n) is 5.92. The van der Waals surface area contributed by atoms with Crippen LogP contribution in [-0.4, -0.2) is 50.0 Å². The van der Waals surface area contributed by atoms with Gasteiger partial charge in [0.1, 0.15) is 12.6 Å². The summed E-state index contributed by atoms with van der Waals surface area (Å²) in [6, 6.07) is 13.8. The van der Waals surface area contributed by atoms with Crippen LogP contribution in [0, 0.1) is 0 Å². The molecular weight excluding hydrogens is 530 g/mol. The maximum Gasteiger partial charge on any atom is 0.244 e. The van der Waals surface area contributed by atoms with E-state index in [4.69, 9.17) is 0 Å². The molecule has 7 nitrogen and oxygen atoms in total. The molecule has 2 atom stereocenters. The van der Waals surface area contributed by atoms with E-state index in [1.807, 2.05) is 64.1 Å². The lowest BCUT2D eigenvalue weighted by Gasteiger charge is -2.32. The Bertz CT molecular complexity index is 1140. The average molecular weight is 567 g/mol. The maximum absolute atomic E-state index is 13.7. The van der Waals surface area contributed by atoms with Crippen molar-refractivity contribution in [1.29, 1.82) is 0 Å². The summed E-state index contributed by atoms with van der Waals surface area (Å²) in [5.74, 6) is -0.680. The summed E-state index contributed by atoms with van der Waals surface area (Å²) in [5.41, 5.74) is 2.12. The number of rotatable bonds is 11. The summed E-state index contributed by atoms with van der Waals surface area (Å²) in [6.07, 6.45) is 1.85. The minimum absolute atomic E-state index is 0.0433. The number of benzene rings is 2. The maximum atomic E-state index is 13.7. The zero-order chi connectivity index (χ0) is 26.3. The van der Waals surface area contributed by atoms with Gasteiger partial charge in [0.2, 0.25) is 21.8 Å². The fourth-order valence-electron chi connectivity index (χ4n) is 3.68. The summed E-state index contributed by atoms with van der Waals surface area (Å²) in [5, 5.41) is 2.93. The number of sulfonamides is 1. The van der Waals surface area contributed by atoms with Crippen LogP contribution in [0.4, 0.5) is 5.69 Å². The van der Waals surface area contributed by atoms with Gasteiger partial charge in [0.15, 0.2) is 0 Å². The molecule has 0 saturated carbocycles. The lowest BCUT2D eigenvalue weighted by atomic mass is 10.0. The molecule has 0 unspecified atom stereocenters. The largest absolute Gasteiger partial charge is 0.352 e. The third-order valence-corrected chi connectivity index (χ3v) is 7.54. The zero-order valence-corrected chi connectivity index (χ0v) is 23.7. The number of carbonyl (C=O) groups is 2. The molecule has 2 rings (SSSR count). The number of hydrogen-bond donors (Lipinski definition) is 1. The molecule has 192 valence electrons. The first kappa shape index (κ1) is 28.8. The Morgan fingerprint density at radius 3 is 2.26 bits per heavy atom. The molecule has 9 heteroatoms. The van der Waals surface area contributed by atoms with E-state index in [0.717, 1.165) is 32.6 Å². The third kappa shape index (κ3) is 8.07. The first-order valence-electron chi connectivity index (χ1n) is 11.8. The molecule has 0 aromatic heterocycles. The van der Waals surface area contributed by atoms with E-state index in [1.54, 1.807) is 19.1 Å². The molecule has 1 N–H and O–H groups in total. The first-order valence-corrected chi connectivity index (χ1v) is 14.4. The van der Waals surface area contributed by atoms with Crippen LogP contribution in [0.2, 0.25) is 0 Å². The van der Waals surface area contributed by atoms with Crippen LogP contribution in [0.25, 0.3) is 0 Å². The van der Waals surface area contributed by atoms with E-state index in [1.165, 1.54) is 4.90 Å². The van der Waals surface area contributed by atoms with Crippen LogP contribution in [0.3, 0.4) is 0 Å². The van der Waals surface area contributed by atoms with Gasteiger partial charge in [-0.15, -0.1) is 0 Å². The fourth-order valence-corrected chi connectivity index (χ4v) is 4.99. The van der Waals surface area contributed by atoms with Gasteiger partial charge in [0.05, 0.1) is 11.9 Å². The second-order valence-corrected chi connectivity index (χ2v) is 12.0. The van der Waals surface area contributed by atoms with Crippen molar-refractivity contribution in [2.45, 2.75) is 65.6 Å². The Balaban J connectivity index is 2.45. The minimum Gasteiger partial charge on any atom is -0.352 e. The van der Waals surface area contributed by atoms with Crippen LogP contribution >= 0.6 is 15.9 Å². The molecule has 2 amide bonds. The molecule has 0 heterocycles. The summed E-state index contributed by atoms with van der Waals surface area (Å²) in [6.45, 7) is 9.24. The number of hydrogen-bond acceptors (Lipinski definition) is 4. The summed E-state index contributed by atoms with van der Waals surface area (Å²) in [4.78, 5) is 28.1. The van der Waals surface area contributed by atoms with Gasteiger partial charge in [0, 0.05) is 17.1 Å². The van der Waals surface area contributed by atoms with Crippen LogP contribution in [0.15, 0.2) is 53.0 Å². The van der Waals surface area contributed by atoms with E-state index in [2.05, 4.69) is 21.2 Å². The van der Waals surface area contributed by atoms with Crippen molar-refractivity contribution < 1.29 is 18.0 Å². The molecule has 0 bridgehead atoms. The molecule has 0 saturated heterocycles. The Kier molecular flexibility index (Phi) is 10.3. The van der Waals surface area contributed by atoms with Crippen molar-refractivity contribution in [3.05, 3.63) is 64.1 Å². The minimum atomic E-state index is -3.77. The van der Waals surface area contributed by atoms with Crippen LogP contribution < -0.4 is 9.62 Å². The Morgan fingerprint density at radius 2 is 1.69 bits per heavy atom. The lowest BCUT2D eigenvalue weighted by molar-refractivity contribution is -0.139. The zero-order valence-electron chi connectivity index (χ0n) is 21.3. The highest BCUT2D eigenvalue weighted by Gasteiger charge is 2.31. The van der Waals surface area contributed by atoms with Crippen molar-refractivity contribution in [3.8, 4) is 0 Å².